The van der Waals surface area contributed by atoms with Gasteiger partial charge in [-0.05, 0) is 75.9 Å². The lowest BCUT2D eigenvalue weighted by Gasteiger charge is -2.29. The minimum atomic E-state index is -0.421. The van der Waals surface area contributed by atoms with Crippen LogP contribution in [0.3, 0.4) is 0 Å². The van der Waals surface area contributed by atoms with Crippen molar-refractivity contribution in [3.63, 3.8) is 0 Å². The SMILES string of the molecule is CC(NCCC1CCCN1C(=O)OC(C)(C)C)c1ccsc1. The van der Waals surface area contributed by atoms with E-state index in [1.807, 2.05) is 25.7 Å². The van der Waals surface area contributed by atoms with Crippen LogP contribution in [0.4, 0.5) is 4.79 Å². The first kappa shape index (κ1) is 17.3. The molecule has 0 spiro atoms. The summed E-state index contributed by atoms with van der Waals surface area (Å²) in [5.74, 6) is 0. The quantitative estimate of drug-likeness (QED) is 0.883. The standard InChI is InChI=1S/C17H28N2O2S/c1-13(14-8-11-22-12-14)18-9-7-15-6-5-10-19(15)16(20)21-17(2,3)4/h8,11-13,15,18H,5-7,9-10H2,1-4H3. The Hall–Kier alpha value is -1.07. The maximum absolute atomic E-state index is 12.2. The van der Waals surface area contributed by atoms with Crippen LogP contribution in [0.2, 0.25) is 0 Å². The van der Waals surface area contributed by atoms with Gasteiger partial charge < -0.3 is 15.0 Å². The summed E-state index contributed by atoms with van der Waals surface area (Å²) in [6, 6.07) is 2.82. The van der Waals surface area contributed by atoms with Crippen LogP contribution in [0.1, 0.15) is 58.6 Å². The summed E-state index contributed by atoms with van der Waals surface area (Å²) < 4.78 is 5.51. The summed E-state index contributed by atoms with van der Waals surface area (Å²) in [6.07, 6.45) is 2.96. The molecule has 1 saturated heterocycles. The van der Waals surface area contributed by atoms with Gasteiger partial charge in [0.1, 0.15) is 5.60 Å². The second kappa shape index (κ2) is 7.47. The van der Waals surface area contributed by atoms with Gasteiger partial charge in [0.25, 0.3) is 0 Å². The average molecular weight is 324 g/mol. The van der Waals surface area contributed by atoms with E-state index in [0.29, 0.717) is 12.1 Å². The van der Waals surface area contributed by atoms with Gasteiger partial charge in [-0.3, -0.25) is 0 Å². The van der Waals surface area contributed by atoms with Crippen LogP contribution in [0.15, 0.2) is 16.8 Å². The molecule has 1 N–H and O–H groups in total. The molecule has 2 heterocycles. The summed E-state index contributed by atoms with van der Waals surface area (Å²) in [6.45, 7) is 9.67. The first-order valence-corrected chi connectivity index (χ1v) is 9.06. The molecule has 2 unspecified atom stereocenters. The van der Waals surface area contributed by atoms with Gasteiger partial charge >= 0.3 is 6.09 Å². The lowest BCUT2D eigenvalue weighted by Crippen LogP contribution is -2.41. The van der Waals surface area contributed by atoms with E-state index in [0.717, 1.165) is 32.4 Å². The Bertz CT molecular complexity index is 468. The van der Waals surface area contributed by atoms with Gasteiger partial charge in [-0.2, -0.15) is 11.3 Å². The number of hydrogen-bond acceptors (Lipinski definition) is 4. The molecule has 1 fully saturated rings. The Morgan fingerprint density at radius 1 is 1.55 bits per heavy atom. The van der Waals surface area contributed by atoms with Crippen molar-refractivity contribution < 1.29 is 9.53 Å². The Balaban J connectivity index is 1.78. The fraction of sp³-hybridized carbons (Fsp3) is 0.706. The summed E-state index contributed by atoms with van der Waals surface area (Å²) in [5.41, 5.74) is 0.913. The first-order valence-electron chi connectivity index (χ1n) is 8.12. The van der Waals surface area contributed by atoms with E-state index in [1.54, 1.807) is 11.3 Å². The van der Waals surface area contributed by atoms with E-state index in [2.05, 4.69) is 29.1 Å². The molecule has 124 valence electrons. The van der Waals surface area contributed by atoms with E-state index in [1.165, 1.54) is 5.56 Å². The second-order valence-electron chi connectivity index (χ2n) is 6.99. The lowest BCUT2D eigenvalue weighted by molar-refractivity contribution is 0.0220. The number of nitrogens with one attached hydrogen (secondary N) is 1. The molecule has 2 rings (SSSR count). The number of rotatable bonds is 5. The van der Waals surface area contributed by atoms with Crippen molar-refractivity contribution in [3.05, 3.63) is 22.4 Å². The fourth-order valence-electron chi connectivity index (χ4n) is 2.80. The fourth-order valence-corrected chi connectivity index (χ4v) is 3.56. The number of amides is 1. The molecule has 22 heavy (non-hydrogen) atoms. The van der Waals surface area contributed by atoms with Crippen molar-refractivity contribution in [3.8, 4) is 0 Å². The Morgan fingerprint density at radius 2 is 2.32 bits per heavy atom. The van der Waals surface area contributed by atoms with Gasteiger partial charge in [0.15, 0.2) is 0 Å². The minimum Gasteiger partial charge on any atom is -0.444 e. The minimum absolute atomic E-state index is 0.166. The lowest BCUT2D eigenvalue weighted by atomic mass is 10.1. The topological polar surface area (TPSA) is 41.6 Å². The molecule has 0 radical (unpaired) electrons. The molecule has 0 saturated carbocycles. The Kier molecular flexibility index (Phi) is 5.87. The van der Waals surface area contributed by atoms with Gasteiger partial charge in [-0.15, -0.1) is 0 Å². The average Bonchev–Trinajstić information content (AvgIpc) is 3.08. The summed E-state index contributed by atoms with van der Waals surface area (Å²) >= 11 is 1.73. The van der Waals surface area contributed by atoms with Gasteiger partial charge in [0.05, 0.1) is 0 Å². The highest BCUT2D eigenvalue weighted by Crippen LogP contribution is 2.23. The highest BCUT2D eigenvalue weighted by Gasteiger charge is 2.31. The molecular formula is C17H28N2O2S. The van der Waals surface area contributed by atoms with Crippen LogP contribution in [-0.2, 0) is 4.74 Å². The third-order valence-electron chi connectivity index (χ3n) is 3.98. The van der Waals surface area contributed by atoms with Crippen LogP contribution >= 0.6 is 11.3 Å². The van der Waals surface area contributed by atoms with Crippen LogP contribution in [0.5, 0.6) is 0 Å². The molecule has 0 aromatic carbocycles. The van der Waals surface area contributed by atoms with E-state index >= 15 is 0 Å². The Labute approximate surface area is 137 Å². The number of nitrogens with zero attached hydrogens (tertiary/aromatic N) is 1. The summed E-state index contributed by atoms with van der Waals surface area (Å²) in [4.78, 5) is 14.1. The molecule has 1 aromatic heterocycles. The van der Waals surface area contributed by atoms with Crippen LogP contribution in [0.25, 0.3) is 0 Å². The number of hydrogen-bond donors (Lipinski definition) is 1. The van der Waals surface area contributed by atoms with E-state index in [4.69, 9.17) is 4.74 Å². The number of thiophene rings is 1. The number of carbonyl (C=O) groups is 1. The third-order valence-corrected chi connectivity index (χ3v) is 4.68. The molecule has 4 nitrogen and oxygen atoms in total. The number of likely N-dealkylation sites (tertiary alicyclic amines) is 1. The molecule has 0 aliphatic carbocycles. The molecular weight excluding hydrogens is 296 g/mol. The maximum atomic E-state index is 12.2. The maximum Gasteiger partial charge on any atom is 0.410 e. The van der Waals surface area contributed by atoms with Gasteiger partial charge in [0, 0.05) is 18.6 Å². The molecule has 1 amide bonds. The second-order valence-corrected chi connectivity index (χ2v) is 7.77. The highest BCUT2D eigenvalue weighted by atomic mass is 32.1. The molecule has 0 bridgehead atoms. The monoisotopic (exact) mass is 324 g/mol. The van der Waals surface area contributed by atoms with Gasteiger partial charge in [-0.25, -0.2) is 4.79 Å². The summed E-state index contributed by atoms with van der Waals surface area (Å²) in [5, 5.41) is 7.83. The smallest absolute Gasteiger partial charge is 0.410 e. The van der Waals surface area contributed by atoms with Gasteiger partial charge in [0.2, 0.25) is 0 Å². The predicted octanol–water partition coefficient (Wildman–Crippen LogP) is 4.19. The largest absolute Gasteiger partial charge is 0.444 e. The van der Waals surface area contributed by atoms with Gasteiger partial charge in [-0.1, -0.05) is 0 Å². The van der Waals surface area contributed by atoms with Crippen molar-refractivity contribution in [2.45, 2.75) is 64.6 Å². The van der Waals surface area contributed by atoms with E-state index in [-0.39, 0.29) is 6.09 Å². The number of carbonyl (C=O) groups excluding carboxylic acids is 1. The Morgan fingerprint density at radius 3 is 2.95 bits per heavy atom. The molecule has 1 aliphatic heterocycles. The zero-order valence-corrected chi connectivity index (χ0v) is 14.9. The molecule has 2 atom stereocenters. The molecule has 1 aliphatic rings. The third kappa shape index (κ3) is 4.99. The van der Waals surface area contributed by atoms with Crippen LogP contribution in [0, 0.1) is 0 Å². The van der Waals surface area contributed by atoms with Crippen molar-refractivity contribution in [2.24, 2.45) is 0 Å². The van der Waals surface area contributed by atoms with Crippen LogP contribution in [-0.4, -0.2) is 35.7 Å². The van der Waals surface area contributed by atoms with Crippen molar-refractivity contribution in [1.82, 2.24) is 10.2 Å². The predicted molar refractivity (Wildman–Crippen MR) is 91.3 cm³/mol. The van der Waals surface area contributed by atoms with Crippen molar-refractivity contribution in [2.75, 3.05) is 13.1 Å². The normalized spacial score (nSPS) is 20.2. The zero-order chi connectivity index (χ0) is 16.2. The highest BCUT2D eigenvalue weighted by molar-refractivity contribution is 7.07. The molecule has 1 aromatic rings. The number of ether oxygens (including phenoxy) is 1. The molecule has 5 heteroatoms. The zero-order valence-electron chi connectivity index (χ0n) is 14.1. The van der Waals surface area contributed by atoms with Crippen molar-refractivity contribution >= 4 is 17.4 Å². The summed E-state index contributed by atoms with van der Waals surface area (Å²) in [7, 11) is 0. The van der Waals surface area contributed by atoms with E-state index < -0.39 is 5.60 Å². The van der Waals surface area contributed by atoms with Crippen LogP contribution < -0.4 is 5.32 Å². The van der Waals surface area contributed by atoms with Crippen molar-refractivity contribution in [1.29, 1.82) is 0 Å². The van der Waals surface area contributed by atoms with E-state index in [9.17, 15) is 4.79 Å². The first-order chi connectivity index (χ1) is 10.4.